The second kappa shape index (κ2) is 5.41. The molecule has 1 N–H and O–H groups in total. The van der Waals surface area contributed by atoms with Crippen molar-refractivity contribution in [3.63, 3.8) is 0 Å². The monoisotopic (exact) mass is 289 g/mol. The Labute approximate surface area is 125 Å². The van der Waals surface area contributed by atoms with Crippen LogP contribution in [0, 0.1) is 5.92 Å². The molecule has 2 aromatic rings. The molecule has 0 bridgehead atoms. The van der Waals surface area contributed by atoms with Crippen molar-refractivity contribution in [2.75, 3.05) is 12.8 Å². The largest absolute Gasteiger partial charge is 0.308 e. The van der Waals surface area contributed by atoms with Crippen molar-refractivity contribution in [3.05, 3.63) is 30.4 Å². The van der Waals surface area contributed by atoms with E-state index < -0.39 is 0 Å². The van der Waals surface area contributed by atoms with Crippen LogP contribution in [0.15, 0.2) is 29.4 Å². The van der Waals surface area contributed by atoms with Crippen molar-refractivity contribution in [3.8, 4) is 0 Å². The van der Waals surface area contributed by atoms with Gasteiger partial charge in [-0.15, -0.1) is 11.8 Å². The molecule has 108 valence electrons. The summed E-state index contributed by atoms with van der Waals surface area (Å²) >= 11 is 1.98. The first-order valence-corrected chi connectivity index (χ1v) is 8.38. The fraction of sp³-hybridized carbons (Fsp3) is 0.562. The Balaban J connectivity index is 1.90. The molecule has 1 fully saturated rings. The normalized spacial score (nSPS) is 16.6. The molecule has 2 heterocycles. The Hall–Kier alpha value is -1.00. The third-order valence-electron chi connectivity index (χ3n) is 4.42. The molecule has 20 heavy (non-hydrogen) atoms. The molecule has 1 aliphatic carbocycles. The van der Waals surface area contributed by atoms with Gasteiger partial charge < -0.3 is 9.72 Å². The van der Waals surface area contributed by atoms with Crippen LogP contribution >= 0.6 is 11.8 Å². The molecule has 0 spiro atoms. The number of fused-ring (bicyclic) bond motifs is 1. The quantitative estimate of drug-likeness (QED) is 0.851. The Morgan fingerprint density at radius 2 is 2.25 bits per heavy atom. The Kier molecular flexibility index (Phi) is 3.78. The third-order valence-corrected chi connectivity index (χ3v) is 5.71. The van der Waals surface area contributed by atoms with Gasteiger partial charge in [0, 0.05) is 16.8 Å². The highest BCUT2D eigenvalue weighted by atomic mass is 32.2. The molecule has 0 radical (unpaired) electrons. The molecule has 0 unspecified atom stereocenters. The van der Waals surface area contributed by atoms with Crippen molar-refractivity contribution in [1.82, 2.24) is 14.7 Å². The number of rotatable bonds is 5. The zero-order valence-corrected chi connectivity index (χ0v) is 13.3. The van der Waals surface area contributed by atoms with Gasteiger partial charge in [0.1, 0.15) is 5.82 Å². The predicted octanol–water partition coefficient (Wildman–Crippen LogP) is 3.68. The van der Waals surface area contributed by atoms with Gasteiger partial charge in [0.15, 0.2) is 0 Å². The lowest BCUT2D eigenvalue weighted by molar-refractivity contribution is 0.353. The fourth-order valence-corrected chi connectivity index (χ4v) is 3.78. The summed E-state index contributed by atoms with van der Waals surface area (Å²) in [7, 11) is 1.98. The molecule has 0 atom stereocenters. The minimum absolute atomic E-state index is 0.121. The summed E-state index contributed by atoms with van der Waals surface area (Å²) in [5.74, 6) is 3.24. The van der Waals surface area contributed by atoms with Gasteiger partial charge in [0.25, 0.3) is 0 Å². The van der Waals surface area contributed by atoms with Crippen LogP contribution < -0.4 is 5.32 Å². The van der Waals surface area contributed by atoms with Crippen molar-refractivity contribution < 1.29 is 0 Å². The molecule has 3 rings (SSSR count). The van der Waals surface area contributed by atoms with Crippen LogP contribution in [0.2, 0.25) is 0 Å². The highest BCUT2D eigenvalue weighted by Crippen LogP contribution is 2.34. The molecule has 0 amide bonds. The fourth-order valence-electron chi connectivity index (χ4n) is 2.56. The lowest BCUT2D eigenvalue weighted by Gasteiger charge is -2.25. The van der Waals surface area contributed by atoms with E-state index in [0.717, 1.165) is 11.7 Å². The van der Waals surface area contributed by atoms with E-state index in [2.05, 4.69) is 46.9 Å². The van der Waals surface area contributed by atoms with E-state index in [4.69, 9.17) is 0 Å². The van der Waals surface area contributed by atoms with Gasteiger partial charge in [0.05, 0.1) is 17.3 Å². The standard InChI is InChI=1S/C16H23N3S/c1-16(2,17-3)15-18-10-13-14(8-5-9-19(13)15)20-11-12-6-4-7-12/h5,8-10,12,17H,4,6-7,11H2,1-3H3. The maximum Gasteiger partial charge on any atom is 0.133 e. The molecule has 3 nitrogen and oxygen atoms in total. The van der Waals surface area contributed by atoms with Crippen molar-refractivity contribution >= 4 is 17.3 Å². The molecule has 0 saturated heterocycles. The van der Waals surface area contributed by atoms with Gasteiger partial charge in [-0.3, -0.25) is 0 Å². The summed E-state index contributed by atoms with van der Waals surface area (Å²) in [6, 6.07) is 4.35. The summed E-state index contributed by atoms with van der Waals surface area (Å²) in [4.78, 5) is 6.00. The molecule has 2 aromatic heterocycles. The van der Waals surface area contributed by atoms with E-state index in [-0.39, 0.29) is 5.54 Å². The Morgan fingerprint density at radius 3 is 2.90 bits per heavy atom. The van der Waals surface area contributed by atoms with Gasteiger partial charge in [0.2, 0.25) is 0 Å². The number of thioether (sulfide) groups is 1. The summed E-state index contributed by atoms with van der Waals surface area (Å²) < 4.78 is 2.22. The average molecular weight is 289 g/mol. The zero-order valence-electron chi connectivity index (χ0n) is 12.5. The van der Waals surface area contributed by atoms with E-state index in [1.54, 1.807) is 0 Å². The molecular weight excluding hydrogens is 266 g/mol. The van der Waals surface area contributed by atoms with Gasteiger partial charge in [-0.2, -0.15) is 0 Å². The van der Waals surface area contributed by atoms with Gasteiger partial charge >= 0.3 is 0 Å². The first-order valence-electron chi connectivity index (χ1n) is 7.40. The van der Waals surface area contributed by atoms with Crippen LogP contribution in [0.1, 0.15) is 38.9 Å². The zero-order chi connectivity index (χ0) is 14.2. The number of hydrogen-bond acceptors (Lipinski definition) is 3. The lowest BCUT2D eigenvalue weighted by atomic mass is 9.87. The third kappa shape index (κ3) is 2.47. The second-order valence-electron chi connectivity index (χ2n) is 6.19. The lowest BCUT2D eigenvalue weighted by Crippen LogP contribution is -2.35. The highest BCUT2D eigenvalue weighted by molar-refractivity contribution is 7.99. The smallest absolute Gasteiger partial charge is 0.133 e. The summed E-state index contributed by atoms with van der Waals surface area (Å²) in [5, 5.41) is 3.33. The van der Waals surface area contributed by atoms with Crippen molar-refractivity contribution in [1.29, 1.82) is 0 Å². The second-order valence-corrected chi connectivity index (χ2v) is 7.25. The van der Waals surface area contributed by atoms with E-state index >= 15 is 0 Å². The van der Waals surface area contributed by atoms with Gasteiger partial charge in [-0.25, -0.2) is 4.98 Å². The number of imidazole rings is 1. The number of pyridine rings is 1. The van der Waals surface area contributed by atoms with E-state index in [1.807, 2.05) is 25.0 Å². The summed E-state index contributed by atoms with van der Waals surface area (Å²) in [5.41, 5.74) is 1.11. The Morgan fingerprint density at radius 1 is 1.45 bits per heavy atom. The van der Waals surface area contributed by atoms with Crippen LogP contribution in [0.5, 0.6) is 0 Å². The number of nitrogens with zero attached hydrogens (tertiary/aromatic N) is 2. The summed E-state index contributed by atoms with van der Waals surface area (Å²) in [6.45, 7) is 4.33. The van der Waals surface area contributed by atoms with Crippen LogP contribution in [0.25, 0.3) is 5.52 Å². The number of nitrogens with one attached hydrogen (secondary N) is 1. The van der Waals surface area contributed by atoms with Crippen LogP contribution in [-0.2, 0) is 5.54 Å². The predicted molar refractivity (Wildman–Crippen MR) is 85.3 cm³/mol. The van der Waals surface area contributed by atoms with E-state index in [0.29, 0.717) is 0 Å². The number of hydrogen-bond donors (Lipinski definition) is 1. The molecule has 1 saturated carbocycles. The maximum atomic E-state index is 4.65. The molecular formula is C16H23N3S. The molecule has 4 heteroatoms. The van der Waals surface area contributed by atoms with Gasteiger partial charge in [-0.05, 0) is 51.8 Å². The first kappa shape index (κ1) is 14.0. The van der Waals surface area contributed by atoms with Crippen LogP contribution in [-0.4, -0.2) is 22.2 Å². The maximum absolute atomic E-state index is 4.65. The molecule has 0 aliphatic heterocycles. The van der Waals surface area contributed by atoms with Crippen molar-refractivity contribution in [2.45, 2.75) is 43.5 Å². The highest BCUT2D eigenvalue weighted by Gasteiger charge is 2.24. The van der Waals surface area contributed by atoms with E-state index in [1.165, 1.54) is 35.4 Å². The topological polar surface area (TPSA) is 29.3 Å². The van der Waals surface area contributed by atoms with Crippen molar-refractivity contribution in [2.24, 2.45) is 5.92 Å². The van der Waals surface area contributed by atoms with Crippen LogP contribution in [0.4, 0.5) is 0 Å². The molecule has 0 aromatic carbocycles. The van der Waals surface area contributed by atoms with Gasteiger partial charge in [-0.1, -0.05) is 6.42 Å². The van der Waals surface area contributed by atoms with E-state index in [9.17, 15) is 0 Å². The summed E-state index contributed by atoms with van der Waals surface area (Å²) in [6.07, 6.45) is 8.37. The minimum atomic E-state index is -0.121. The first-order chi connectivity index (χ1) is 9.62. The Bertz CT molecular complexity index is 599. The van der Waals surface area contributed by atoms with Crippen LogP contribution in [0.3, 0.4) is 0 Å². The minimum Gasteiger partial charge on any atom is -0.308 e. The SMILES string of the molecule is CNC(C)(C)c1ncc2c(SCC3CCC3)cccn12. The molecule has 1 aliphatic rings. The average Bonchev–Trinajstić information content (AvgIpc) is 2.82. The number of aromatic nitrogens is 2.